The molecule has 14 heavy (non-hydrogen) atoms. The van der Waals surface area contributed by atoms with Crippen molar-refractivity contribution in [1.29, 1.82) is 0 Å². The zero-order valence-corrected chi connectivity index (χ0v) is 8.92. The van der Waals surface area contributed by atoms with Crippen molar-refractivity contribution in [2.45, 2.75) is 19.4 Å². The highest BCUT2D eigenvalue weighted by atomic mass is 35.5. The van der Waals surface area contributed by atoms with E-state index in [9.17, 15) is 0 Å². The molecule has 4 heteroatoms. The molecule has 0 spiro atoms. The van der Waals surface area contributed by atoms with Crippen LogP contribution in [0.4, 0.5) is 0 Å². The SMILES string of the molecule is CC(C)(N)c1ccc2ncc(Cl)n2c1. The standard InChI is InChI=1S/C10H12ClN3/c1-10(2,12)7-3-4-9-13-5-8(11)14(9)6-7/h3-6H,12H2,1-2H3. The number of hydrogen-bond donors (Lipinski definition) is 1. The van der Waals surface area contributed by atoms with Crippen LogP contribution in [-0.2, 0) is 5.54 Å². The second kappa shape index (κ2) is 2.97. The van der Waals surface area contributed by atoms with Crippen LogP contribution in [0.3, 0.4) is 0 Å². The molecule has 2 aromatic rings. The summed E-state index contributed by atoms with van der Waals surface area (Å²) in [5.41, 5.74) is 7.50. The van der Waals surface area contributed by atoms with Crippen molar-refractivity contribution in [1.82, 2.24) is 9.38 Å². The number of pyridine rings is 1. The van der Waals surface area contributed by atoms with E-state index < -0.39 is 0 Å². The van der Waals surface area contributed by atoms with Crippen molar-refractivity contribution < 1.29 is 0 Å². The minimum absolute atomic E-state index is 0.359. The molecule has 0 aliphatic rings. The van der Waals surface area contributed by atoms with E-state index in [1.54, 1.807) is 6.20 Å². The fraction of sp³-hybridized carbons (Fsp3) is 0.300. The Morgan fingerprint density at radius 1 is 1.43 bits per heavy atom. The molecule has 0 saturated heterocycles. The van der Waals surface area contributed by atoms with Crippen LogP contribution in [0.1, 0.15) is 19.4 Å². The van der Waals surface area contributed by atoms with Gasteiger partial charge in [0.05, 0.1) is 6.20 Å². The minimum atomic E-state index is -0.359. The van der Waals surface area contributed by atoms with Crippen LogP contribution in [0, 0.1) is 0 Å². The first-order valence-corrected chi connectivity index (χ1v) is 4.78. The second-order valence-electron chi connectivity index (χ2n) is 3.95. The summed E-state index contributed by atoms with van der Waals surface area (Å²) in [6.45, 7) is 3.91. The topological polar surface area (TPSA) is 43.3 Å². The van der Waals surface area contributed by atoms with Crippen molar-refractivity contribution in [3.63, 3.8) is 0 Å². The number of rotatable bonds is 1. The molecule has 0 fully saturated rings. The van der Waals surface area contributed by atoms with Crippen molar-refractivity contribution in [2.75, 3.05) is 0 Å². The predicted octanol–water partition coefficient (Wildman–Crippen LogP) is 2.18. The average molecular weight is 210 g/mol. The van der Waals surface area contributed by atoms with Crippen LogP contribution in [0.15, 0.2) is 24.5 Å². The van der Waals surface area contributed by atoms with Gasteiger partial charge in [-0.05, 0) is 25.5 Å². The highest BCUT2D eigenvalue weighted by Crippen LogP contribution is 2.19. The molecule has 2 rings (SSSR count). The molecule has 0 aromatic carbocycles. The van der Waals surface area contributed by atoms with Gasteiger partial charge in [-0.2, -0.15) is 0 Å². The van der Waals surface area contributed by atoms with E-state index >= 15 is 0 Å². The van der Waals surface area contributed by atoms with Crippen LogP contribution < -0.4 is 5.73 Å². The highest BCUT2D eigenvalue weighted by molar-refractivity contribution is 6.29. The zero-order chi connectivity index (χ0) is 10.3. The third kappa shape index (κ3) is 1.49. The fourth-order valence-corrected chi connectivity index (χ4v) is 1.52. The fourth-order valence-electron chi connectivity index (χ4n) is 1.33. The summed E-state index contributed by atoms with van der Waals surface area (Å²) in [5, 5.41) is 0.603. The highest BCUT2D eigenvalue weighted by Gasteiger charge is 2.15. The van der Waals surface area contributed by atoms with E-state index in [1.165, 1.54) is 0 Å². The maximum Gasteiger partial charge on any atom is 0.137 e. The maximum absolute atomic E-state index is 5.99. The Morgan fingerprint density at radius 2 is 2.14 bits per heavy atom. The lowest BCUT2D eigenvalue weighted by molar-refractivity contribution is 0.551. The van der Waals surface area contributed by atoms with Gasteiger partial charge in [0.15, 0.2) is 0 Å². The number of halogens is 1. The van der Waals surface area contributed by atoms with Gasteiger partial charge < -0.3 is 5.73 Å². The lowest BCUT2D eigenvalue weighted by Crippen LogP contribution is -2.28. The van der Waals surface area contributed by atoms with Gasteiger partial charge in [-0.15, -0.1) is 0 Å². The molecule has 0 aliphatic carbocycles. The molecule has 2 N–H and O–H groups in total. The Morgan fingerprint density at radius 3 is 2.79 bits per heavy atom. The quantitative estimate of drug-likeness (QED) is 0.783. The van der Waals surface area contributed by atoms with E-state index in [1.807, 2.05) is 36.6 Å². The van der Waals surface area contributed by atoms with Crippen LogP contribution >= 0.6 is 11.6 Å². The molecular weight excluding hydrogens is 198 g/mol. The summed E-state index contributed by atoms with van der Waals surface area (Å²) in [6, 6.07) is 3.88. The first kappa shape index (κ1) is 9.49. The predicted molar refractivity (Wildman–Crippen MR) is 57.4 cm³/mol. The van der Waals surface area contributed by atoms with Gasteiger partial charge in [0.1, 0.15) is 10.8 Å². The molecule has 2 aromatic heterocycles. The summed E-state index contributed by atoms with van der Waals surface area (Å²) in [6.07, 6.45) is 3.55. The molecule has 0 radical (unpaired) electrons. The lowest BCUT2D eigenvalue weighted by atomic mass is 9.98. The van der Waals surface area contributed by atoms with Gasteiger partial charge in [-0.3, -0.25) is 4.40 Å². The maximum atomic E-state index is 5.99. The molecule has 2 heterocycles. The van der Waals surface area contributed by atoms with Crippen LogP contribution in [-0.4, -0.2) is 9.38 Å². The van der Waals surface area contributed by atoms with Gasteiger partial charge in [0.2, 0.25) is 0 Å². The Hall–Kier alpha value is -1.06. The van der Waals surface area contributed by atoms with E-state index in [-0.39, 0.29) is 5.54 Å². The summed E-state index contributed by atoms with van der Waals surface area (Å²) < 4.78 is 1.82. The Bertz CT molecular complexity index is 468. The Kier molecular flexibility index (Phi) is 2.01. The second-order valence-corrected chi connectivity index (χ2v) is 4.34. The number of hydrogen-bond acceptors (Lipinski definition) is 2. The number of imidazole rings is 1. The van der Waals surface area contributed by atoms with E-state index in [0.717, 1.165) is 11.2 Å². The zero-order valence-electron chi connectivity index (χ0n) is 8.16. The third-order valence-corrected chi connectivity index (χ3v) is 2.48. The number of fused-ring (bicyclic) bond motifs is 1. The first-order valence-electron chi connectivity index (χ1n) is 4.40. The Balaban J connectivity index is 2.66. The smallest absolute Gasteiger partial charge is 0.137 e. The normalized spacial score (nSPS) is 12.3. The summed E-state index contributed by atoms with van der Waals surface area (Å²) in [5.74, 6) is 0. The largest absolute Gasteiger partial charge is 0.322 e. The van der Waals surface area contributed by atoms with Crippen LogP contribution in [0.5, 0.6) is 0 Å². The lowest BCUT2D eigenvalue weighted by Gasteiger charge is -2.19. The van der Waals surface area contributed by atoms with Gasteiger partial charge in [0.25, 0.3) is 0 Å². The van der Waals surface area contributed by atoms with Crippen LogP contribution in [0.25, 0.3) is 5.65 Å². The van der Waals surface area contributed by atoms with E-state index in [2.05, 4.69) is 4.98 Å². The molecule has 0 aliphatic heterocycles. The Labute approximate surface area is 87.5 Å². The molecule has 74 valence electrons. The molecule has 0 saturated carbocycles. The minimum Gasteiger partial charge on any atom is -0.322 e. The summed E-state index contributed by atoms with van der Waals surface area (Å²) in [4.78, 5) is 4.13. The molecule has 3 nitrogen and oxygen atoms in total. The average Bonchev–Trinajstić information content (AvgIpc) is 2.46. The van der Waals surface area contributed by atoms with Crippen LogP contribution in [0.2, 0.25) is 5.15 Å². The number of nitrogens with two attached hydrogens (primary N) is 1. The molecule has 0 atom stereocenters. The number of aromatic nitrogens is 2. The van der Waals surface area contributed by atoms with Gasteiger partial charge >= 0.3 is 0 Å². The molecule has 0 amide bonds. The van der Waals surface area contributed by atoms with E-state index in [4.69, 9.17) is 17.3 Å². The van der Waals surface area contributed by atoms with Gasteiger partial charge in [0, 0.05) is 11.7 Å². The van der Waals surface area contributed by atoms with Crippen molar-refractivity contribution in [2.24, 2.45) is 5.73 Å². The van der Waals surface area contributed by atoms with Crippen molar-refractivity contribution in [3.05, 3.63) is 35.2 Å². The summed E-state index contributed by atoms with van der Waals surface area (Å²) >= 11 is 5.95. The monoisotopic (exact) mass is 209 g/mol. The molecule has 0 unspecified atom stereocenters. The third-order valence-electron chi connectivity index (χ3n) is 2.20. The van der Waals surface area contributed by atoms with E-state index in [0.29, 0.717) is 5.15 Å². The summed E-state index contributed by atoms with van der Waals surface area (Å²) in [7, 11) is 0. The van der Waals surface area contributed by atoms with Crippen molar-refractivity contribution >= 4 is 17.2 Å². The first-order chi connectivity index (χ1) is 6.48. The molecule has 0 bridgehead atoms. The molecular formula is C10H12ClN3. The van der Waals surface area contributed by atoms with Crippen molar-refractivity contribution in [3.8, 4) is 0 Å². The van der Waals surface area contributed by atoms with Gasteiger partial charge in [-0.1, -0.05) is 17.7 Å². The van der Waals surface area contributed by atoms with Gasteiger partial charge in [-0.25, -0.2) is 4.98 Å². The number of nitrogens with zero attached hydrogens (tertiary/aromatic N) is 2.